The molecule has 7 nitrogen and oxygen atoms in total. The molecule has 0 unspecified atom stereocenters. The van der Waals surface area contributed by atoms with Crippen LogP contribution in [-0.4, -0.2) is 29.8 Å². The average Bonchev–Trinajstić information content (AvgIpc) is 3.34. The van der Waals surface area contributed by atoms with Crippen LogP contribution in [-0.2, 0) is 6.42 Å². The lowest BCUT2D eigenvalue weighted by molar-refractivity contribution is 0.161. The molecule has 3 N–H and O–H groups in total. The highest BCUT2D eigenvalue weighted by molar-refractivity contribution is 5.84. The molecule has 0 amide bonds. The molecule has 1 aliphatic carbocycles. The first kappa shape index (κ1) is 19.3. The first-order chi connectivity index (χ1) is 14.0. The maximum atomic E-state index is 10.4. The Bertz CT molecular complexity index is 1070. The summed E-state index contributed by atoms with van der Waals surface area (Å²) >= 11 is 0. The van der Waals surface area contributed by atoms with Crippen molar-refractivity contribution >= 4 is 11.5 Å². The van der Waals surface area contributed by atoms with Gasteiger partial charge in [0, 0.05) is 47.1 Å². The number of fused-ring (bicyclic) bond motifs is 1. The number of hydrogen-bond acceptors (Lipinski definition) is 6. The molecule has 29 heavy (non-hydrogen) atoms. The van der Waals surface area contributed by atoms with E-state index in [0.29, 0.717) is 18.2 Å². The second-order valence-electron chi connectivity index (χ2n) is 7.68. The molecule has 0 saturated heterocycles. The first-order valence-electron chi connectivity index (χ1n) is 10.0. The van der Waals surface area contributed by atoms with E-state index >= 15 is 0 Å². The molecule has 3 aromatic heterocycles. The van der Waals surface area contributed by atoms with Gasteiger partial charge in [0.15, 0.2) is 0 Å². The molecule has 3 aromatic rings. The molecular formula is C22H26N6O. The first-order valence-corrected chi connectivity index (χ1v) is 10.0. The number of hydrogen-bond donors (Lipinski definition) is 2. The van der Waals surface area contributed by atoms with E-state index in [-0.39, 0.29) is 5.95 Å². The largest absolute Gasteiger partial charge is 0.387 e. The van der Waals surface area contributed by atoms with Crippen LogP contribution in [0.25, 0.3) is 16.7 Å². The maximum absolute atomic E-state index is 10.4. The van der Waals surface area contributed by atoms with Gasteiger partial charge in [-0.3, -0.25) is 9.67 Å². The standard InChI is InChI=1S/C22H26N6O/c1-4-5-21(29)20-9-19(26-22(23)27-20)16-6-7-18-17(16)8-14(10-24-18)15-11-25-28(12-15)13(2)3/h6,8-13,21,29H,4-5,7H2,1-3H3,(H2,23,26,27)/t21-/m1/s1. The SMILES string of the molecule is CCC[C@@H](O)c1cc(C2=CCc3ncc(-c4cnn(C(C)C)c4)cc32)nc(N)n1. The summed E-state index contributed by atoms with van der Waals surface area (Å²) in [4.78, 5) is 13.3. The van der Waals surface area contributed by atoms with Crippen LogP contribution in [0.1, 0.15) is 68.4 Å². The van der Waals surface area contributed by atoms with Gasteiger partial charge in [0.2, 0.25) is 5.95 Å². The van der Waals surface area contributed by atoms with E-state index in [9.17, 15) is 5.11 Å². The van der Waals surface area contributed by atoms with Crippen LogP contribution in [0.15, 0.2) is 36.8 Å². The minimum Gasteiger partial charge on any atom is -0.387 e. The molecule has 0 fully saturated rings. The van der Waals surface area contributed by atoms with E-state index in [0.717, 1.165) is 46.5 Å². The van der Waals surface area contributed by atoms with Gasteiger partial charge >= 0.3 is 0 Å². The van der Waals surface area contributed by atoms with E-state index in [1.165, 1.54) is 0 Å². The molecule has 1 aliphatic rings. The zero-order valence-electron chi connectivity index (χ0n) is 17.0. The second-order valence-corrected chi connectivity index (χ2v) is 7.68. The van der Waals surface area contributed by atoms with Crippen molar-refractivity contribution in [3.8, 4) is 11.1 Å². The van der Waals surface area contributed by atoms with Crippen LogP contribution in [0, 0.1) is 0 Å². The number of anilines is 1. The van der Waals surface area contributed by atoms with E-state index in [4.69, 9.17) is 5.73 Å². The highest BCUT2D eigenvalue weighted by Gasteiger charge is 2.21. The van der Waals surface area contributed by atoms with E-state index in [2.05, 4.69) is 46.0 Å². The van der Waals surface area contributed by atoms with Crippen molar-refractivity contribution in [3.05, 3.63) is 59.4 Å². The topological polar surface area (TPSA) is 103 Å². The summed E-state index contributed by atoms with van der Waals surface area (Å²) in [6.45, 7) is 6.23. The predicted molar refractivity (Wildman–Crippen MR) is 113 cm³/mol. The van der Waals surface area contributed by atoms with Crippen molar-refractivity contribution in [3.63, 3.8) is 0 Å². The van der Waals surface area contributed by atoms with Crippen molar-refractivity contribution in [1.29, 1.82) is 0 Å². The number of pyridine rings is 1. The van der Waals surface area contributed by atoms with Gasteiger partial charge in [-0.1, -0.05) is 19.4 Å². The third kappa shape index (κ3) is 3.78. The van der Waals surface area contributed by atoms with E-state index in [1.54, 1.807) is 0 Å². The summed E-state index contributed by atoms with van der Waals surface area (Å²) in [6, 6.07) is 4.27. The zero-order chi connectivity index (χ0) is 20.5. The Morgan fingerprint density at radius 3 is 2.72 bits per heavy atom. The lowest BCUT2D eigenvalue weighted by atomic mass is 10.0. The average molecular weight is 390 g/mol. The van der Waals surface area contributed by atoms with E-state index in [1.807, 2.05) is 36.3 Å². The van der Waals surface area contributed by atoms with Gasteiger partial charge in [0.05, 0.1) is 29.4 Å². The number of aromatic nitrogens is 5. The van der Waals surface area contributed by atoms with Crippen LogP contribution in [0.2, 0.25) is 0 Å². The molecule has 3 heterocycles. The highest BCUT2D eigenvalue weighted by atomic mass is 16.3. The third-order valence-corrected chi connectivity index (χ3v) is 5.17. The minimum absolute atomic E-state index is 0.171. The Balaban J connectivity index is 1.71. The molecule has 0 aromatic carbocycles. The minimum atomic E-state index is -0.642. The fraction of sp³-hybridized carbons (Fsp3) is 0.364. The van der Waals surface area contributed by atoms with Crippen LogP contribution in [0.5, 0.6) is 0 Å². The van der Waals surface area contributed by atoms with Gasteiger partial charge in [-0.25, -0.2) is 9.97 Å². The number of aliphatic hydroxyl groups excluding tert-OH is 1. The molecule has 0 spiro atoms. The van der Waals surface area contributed by atoms with Crippen molar-refractivity contribution < 1.29 is 5.11 Å². The van der Waals surface area contributed by atoms with Gasteiger partial charge in [0.1, 0.15) is 0 Å². The van der Waals surface area contributed by atoms with Crippen LogP contribution in [0.3, 0.4) is 0 Å². The maximum Gasteiger partial charge on any atom is 0.220 e. The van der Waals surface area contributed by atoms with Gasteiger partial charge < -0.3 is 10.8 Å². The van der Waals surface area contributed by atoms with Gasteiger partial charge in [-0.15, -0.1) is 0 Å². The number of nitrogens with zero attached hydrogens (tertiary/aromatic N) is 5. The molecule has 1 atom stereocenters. The smallest absolute Gasteiger partial charge is 0.220 e. The predicted octanol–water partition coefficient (Wildman–Crippen LogP) is 3.72. The zero-order valence-corrected chi connectivity index (χ0v) is 17.0. The van der Waals surface area contributed by atoms with Crippen LogP contribution < -0.4 is 5.73 Å². The Hall–Kier alpha value is -3.06. The normalized spacial score (nSPS) is 14.2. The Morgan fingerprint density at radius 1 is 1.17 bits per heavy atom. The summed E-state index contributed by atoms with van der Waals surface area (Å²) in [7, 11) is 0. The second kappa shape index (κ2) is 7.75. The van der Waals surface area contributed by atoms with Crippen molar-refractivity contribution in [2.75, 3.05) is 5.73 Å². The number of aliphatic hydroxyl groups is 1. The summed E-state index contributed by atoms with van der Waals surface area (Å²) in [5.74, 6) is 0.171. The summed E-state index contributed by atoms with van der Waals surface area (Å²) in [6.07, 6.45) is 9.50. The lowest BCUT2D eigenvalue weighted by Gasteiger charge is -2.12. The molecule has 150 valence electrons. The quantitative estimate of drug-likeness (QED) is 0.665. The van der Waals surface area contributed by atoms with Crippen molar-refractivity contribution in [2.24, 2.45) is 0 Å². The fourth-order valence-corrected chi connectivity index (χ4v) is 3.58. The molecular weight excluding hydrogens is 364 g/mol. The van der Waals surface area contributed by atoms with Crippen LogP contribution >= 0.6 is 0 Å². The van der Waals surface area contributed by atoms with E-state index < -0.39 is 6.10 Å². The third-order valence-electron chi connectivity index (χ3n) is 5.17. The van der Waals surface area contributed by atoms with Crippen molar-refractivity contribution in [2.45, 2.75) is 52.2 Å². The summed E-state index contributed by atoms with van der Waals surface area (Å²) < 4.78 is 1.94. The highest BCUT2D eigenvalue weighted by Crippen LogP contribution is 2.34. The molecule has 7 heteroatoms. The Labute approximate surface area is 170 Å². The Kier molecular flexibility index (Phi) is 5.15. The molecule has 0 aliphatic heterocycles. The number of nitrogen functional groups attached to an aromatic ring is 1. The number of nitrogens with two attached hydrogens (primary N) is 1. The van der Waals surface area contributed by atoms with Gasteiger partial charge in [0.25, 0.3) is 0 Å². The molecule has 0 bridgehead atoms. The molecule has 0 radical (unpaired) electrons. The number of rotatable bonds is 6. The van der Waals surface area contributed by atoms with Gasteiger partial charge in [-0.05, 0) is 32.4 Å². The summed E-state index contributed by atoms with van der Waals surface area (Å²) in [5, 5.41) is 14.8. The van der Waals surface area contributed by atoms with Crippen LogP contribution in [0.4, 0.5) is 5.95 Å². The summed E-state index contributed by atoms with van der Waals surface area (Å²) in [5.41, 5.74) is 12.3. The van der Waals surface area contributed by atoms with Gasteiger partial charge in [-0.2, -0.15) is 5.10 Å². The molecule has 4 rings (SSSR count). The monoisotopic (exact) mass is 390 g/mol. The molecule has 0 saturated carbocycles. The fourth-order valence-electron chi connectivity index (χ4n) is 3.58. The number of allylic oxidation sites excluding steroid dienone is 1. The Morgan fingerprint density at radius 2 is 2.00 bits per heavy atom. The van der Waals surface area contributed by atoms with Crippen molar-refractivity contribution in [1.82, 2.24) is 24.7 Å². The lowest BCUT2D eigenvalue weighted by Crippen LogP contribution is -2.07.